The van der Waals surface area contributed by atoms with Crippen LogP contribution in [0.5, 0.6) is 0 Å². The standard InChI is InChI=1S/C16H25ClN2/c1-12(2)19-7-6-14(11-19)9-18-10-15-5-4-13(3)8-16(15)17/h4-5,8,12,14,18H,6-7,9-11H2,1-3H3. The SMILES string of the molecule is Cc1ccc(CNCC2CCN(C(C)C)C2)c(Cl)c1. The van der Waals surface area contributed by atoms with Crippen LogP contribution >= 0.6 is 11.6 Å². The van der Waals surface area contributed by atoms with Gasteiger partial charge in [-0.15, -0.1) is 0 Å². The Morgan fingerprint density at radius 1 is 1.42 bits per heavy atom. The Morgan fingerprint density at radius 3 is 2.84 bits per heavy atom. The third-order valence-electron chi connectivity index (χ3n) is 4.00. The molecule has 0 spiro atoms. The molecule has 106 valence electrons. The van der Waals surface area contributed by atoms with Crippen molar-refractivity contribution >= 4 is 11.6 Å². The van der Waals surface area contributed by atoms with Crippen molar-refractivity contribution in [3.63, 3.8) is 0 Å². The van der Waals surface area contributed by atoms with E-state index in [0.29, 0.717) is 6.04 Å². The zero-order valence-corrected chi connectivity index (χ0v) is 13.0. The van der Waals surface area contributed by atoms with Crippen LogP contribution in [0.15, 0.2) is 18.2 Å². The minimum atomic E-state index is 0.677. The summed E-state index contributed by atoms with van der Waals surface area (Å²) in [5, 5.41) is 4.43. The summed E-state index contributed by atoms with van der Waals surface area (Å²) >= 11 is 6.24. The van der Waals surface area contributed by atoms with Gasteiger partial charge in [-0.25, -0.2) is 0 Å². The zero-order chi connectivity index (χ0) is 13.8. The van der Waals surface area contributed by atoms with Gasteiger partial charge < -0.3 is 10.2 Å². The van der Waals surface area contributed by atoms with Crippen LogP contribution in [0.3, 0.4) is 0 Å². The molecule has 0 bridgehead atoms. The van der Waals surface area contributed by atoms with Gasteiger partial charge in [0.05, 0.1) is 0 Å². The van der Waals surface area contributed by atoms with Gasteiger partial charge in [0.1, 0.15) is 0 Å². The van der Waals surface area contributed by atoms with E-state index in [0.717, 1.165) is 24.0 Å². The van der Waals surface area contributed by atoms with E-state index in [1.807, 2.05) is 6.07 Å². The average Bonchev–Trinajstić information content (AvgIpc) is 2.81. The Kier molecular flexibility index (Phi) is 5.26. The fourth-order valence-corrected chi connectivity index (χ4v) is 3.01. The predicted octanol–water partition coefficient (Wildman–Crippen LogP) is 3.47. The molecule has 1 aliphatic heterocycles. The van der Waals surface area contributed by atoms with E-state index in [1.54, 1.807) is 0 Å². The van der Waals surface area contributed by atoms with Gasteiger partial charge >= 0.3 is 0 Å². The van der Waals surface area contributed by atoms with Crippen molar-refractivity contribution in [1.29, 1.82) is 0 Å². The highest BCUT2D eigenvalue weighted by molar-refractivity contribution is 6.31. The molecule has 0 amide bonds. The van der Waals surface area contributed by atoms with Crippen LogP contribution in [-0.2, 0) is 6.54 Å². The summed E-state index contributed by atoms with van der Waals surface area (Å²) in [6, 6.07) is 6.96. The van der Waals surface area contributed by atoms with Gasteiger partial charge in [0.2, 0.25) is 0 Å². The first-order chi connectivity index (χ1) is 9.06. The second-order valence-electron chi connectivity index (χ2n) is 5.97. The molecule has 19 heavy (non-hydrogen) atoms. The summed E-state index contributed by atoms with van der Waals surface area (Å²) in [4.78, 5) is 2.56. The summed E-state index contributed by atoms with van der Waals surface area (Å²) in [5.41, 5.74) is 2.42. The maximum Gasteiger partial charge on any atom is 0.0453 e. The molecule has 1 heterocycles. The van der Waals surface area contributed by atoms with Gasteiger partial charge in [-0.1, -0.05) is 23.7 Å². The number of hydrogen-bond acceptors (Lipinski definition) is 2. The monoisotopic (exact) mass is 280 g/mol. The highest BCUT2D eigenvalue weighted by Gasteiger charge is 2.23. The largest absolute Gasteiger partial charge is 0.312 e. The molecule has 1 fully saturated rings. The lowest BCUT2D eigenvalue weighted by Crippen LogP contribution is -2.30. The first-order valence-corrected chi connectivity index (χ1v) is 7.64. The van der Waals surface area contributed by atoms with E-state index >= 15 is 0 Å². The van der Waals surface area contributed by atoms with E-state index in [-0.39, 0.29) is 0 Å². The molecule has 1 aromatic rings. The van der Waals surface area contributed by atoms with Crippen molar-refractivity contribution in [1.82, 2.24) is 10.2 Å². The molecule has 0 aromatic heterocycles. The predicted molar refractivity (Wildman–Crippen MR) is 82.7 cm³/mol. The van der Waals surface area contributed by atoms with Gasteiger partial charge in [-0.3, -0.25) is 0 Å². The van der Waals surface area contributed by atoms with Crippen molar-refractivity contribution in [2.45, 2.75) is 39.8 Å². The van der Waals surface area contributed by atoms with Crippen molar-refractivity contribution < 1.29 is 0 Å². The van der Waals surface area contributed by atoms with E-state index in [2.05, 4.69) is 43.1 Å². The third kappa shape index (κ3) is 4.20. The molecule has 0 radical (unpaired) electrons. The molecule has 2 nitrogen and oxygen atoms in total. The fraction of sp³-hybridized carbons (Fsp3) is 0.625. The molecule has 1 saturated heterocycles. The maximum absolute atomic E-state index is 6.24. The van der Waals surface area contributed by atoms with Crippen LogP contribution in [0, 0.1) is 12.8 Å². The molecule has 2 rings (SSSR count). The first kappa shape index (κ1) is 14.8. The van der Waals surface area contributed by atoms with E-state index in [1.165, 1.54) is 30.6 Å². The second-order valence-corrected chi connectivity index (χ2v) is 6.38. The summed E-state index contributed by atoms with van der Waals surface area (Å²) in [7, 11) is 0. The van der Waals surface area contributed by atoms with Gasteiger partial charge in [-0.2, -0.15) is 0 Å². The number of nitrogens with one attached hydrogen (secondary N) is 1. The topological polar surface area (TPSA) is 15.3 Å². The van der Waals surface area contributed by atoms with Gasteiger partial charge in [0.15, 0.2) is 0 Å². The molecule has 1 N–H and O–H groups in total. The van der Waals surface area contributed by atoms with Crippen molar-refractivity contribution in [3.8, 4) is 0 Å². The van der Waals surface area contributed by atoms with Crippen molar-refractivity contribution in [3.05, 3.63) is 34.3 Å². The van der Waals surface area contributed by atoms with Crippen LogP contribution < -0.4 is 5.32 Å². The zero-order valence-electron chi connectivity index (χ0n) is 12.2. The van der Waals surface area contributed by atoms with E-state index < -0.39 is 0 Å². The Balaban J connectivity index is 1.75. The molecule has 1 atom stereocenters. The number of halogens is 1. The lowest BCUT2D eigenvalue weighted by molar-refractivity contribution is 0.264. The summed E-state index contributed by atoms with van der Waals surface area (Å²) in [6.45, 7) is 11.1. The lowest BCUT2D eigenvalue weighted by atomic mass is 10.1. The third-order valence-corrected chi connectivity index (χ3v) is 4.36. The maximum atomic E-state index is 6.24. The van der Waals surface area contributed by atoms with Crippen molar-refractivity contribution in [2.75, 3.05) is 19.6 Å². The summed E-state index contributed by atoms with van der Waals surface area (Å²) in [5.74, 6) is 0.784. The average molecular weight is 281 g/mol. The van der Waals surface area contributed by atoms with Gasteiger partial charge in [0.25, 0.3) is 0 Å². The highest BCUT2D eigenvalue weighted by atomic mass is 35.5. The lowest BCUT2D eigenvalue weighted by Gasteiger charge is -2.20. The van der Waals surface area contributed by atoms with Crippen LogP contribution in [0.2, 0.25) is 5.02 Å². The molecule has 1 aromatic carbocycles. The molecule has 0 saturated carbocycles. The Hall–Kier alpha value is -0.570. The second kappa shape index (κ2) is 6.74. The number of nitrogens with zero attached hydrogens (tertiary/aromatic N) is 1. The molecular formula is C16H25ClN2. The summed E-state index contributed by atoms with van der Waals surface area (Å²) in [6.07, 6.45) is 1.31. The van der Waals surface area contributed by atoms with E-state index in [4.69, 9.17) is 11.6 Å². The van der Waals surface area contributed by atoms with Crippen LogP contribution in [0.4, 0.5) is 0 Å². The molecule has 0 aliphatic carbocycles. The minimum Gasteiger partial charge on any atom is -0.312 e. The number of hydrogen-bond donors (Lipinski definition) is 1. The molecule has 1 unspecified atom stereocenters. The minimum absolute atomic E-state index is 0.677. The normalized spacial score (nSPS) is 20.4. The Morgan fingerprint density at radius 2 is 2.21 bits per heavy atom. The van der Waals surface area contributed by atoms with Gasteiger partial charge in [-0.05, 0) is 63.4 Å². The number of benzene rings is 1. The quantitative estimate of drug-likeness (QED) is 0.888. The molecular weight excluding hydrogens is 256 g/mol. The van der Waals surface area contributed by atoms with Crippen LogP contribution in [0.25, 0.3) is 0 Å². The number of aryl methyl sites for hydroxylation is 1. The Bertz CT molecular complexity index is 417. The van der Waals surface area contributed by atoms with Gasteiger partial charge in [0, 0.05) is 24.2 Å². The molecule has 3 heteroatoms. The highest BCUT2D eigenvalue weighted by Crippen LogP contribution is 2.19. The van der Waals surface area contributed by atoms with Crippen LogP contribution in [0.1, 0.15) is 31.4 Å². The number of likely N-dealkylation sites (tertiary alicyclic amines) is 1. The van der Waals surface area contributed by atoms with Crippen molar-refractivity contribution in [2.24, 2.45) is 5.92 Å². The molecule has 1 aliphatic rings. The number of rotatable bonds is 5. The van der Waals surface area contributed by atoms with E-state index in [9.17, 15) is 0 Å². The van der Waals surface area contributed by atoms with Crippen LogP contribution in [-0.4, -0.2) is 30.6 Å². The Labute approximate surface area is 122 Å². The summed E-state index contributed by atoms with van der Waals surface area (Å²) < 4.78 is 0. The first-order valence-electron chi connectivity index (χ1n) is 7.26. The smallest absolute Gasteiger partial charge is 0.0453 e. The fourth-order valence-electron chi connectivity index (χ4n) is 2.70.